The van der Waals surface area contributed by atoms with Crippen molar-refractivity contribution in [1.29, 1.82) is 0 Å². The largest absolute Gasteiger partial charge is 0.308 e. The molecular formula is C15H13BrFNO. The van der Waals surface area contributed by atoms with Gasteiger partial charge in [-0.2, -0.15) is 0 Å². The van der Waals surface area contributed by atoms with Crippen LogP contribution in [0.25, 0.3) is 0 Å². The fourth-order valence-electron chi connectivity index (χ4n) is 2.63. The van der Waals surface area contributed by atoms with Gasteiger partial charge in [0.1, 0.15) is 5.82 Å². The Morgan fingerprint density at radius 2 is 2.05 bits per heavy atom. The first-order valence-electron chi connectivity index (χ1n) is 6.30. The molecule has 0 atom stereocenters. The van der Waals surface area contributed by atoms with Crippen LogP contribution < -0.4 is 5.56 Å². The Hall–Kier alpha value is -1.42. The molecule has 1 heterocycles. The van der Waals surface area contributed by atoms with Gasteiger partial charge in [0.25, 0.3) is 5.56 Å². The number of pyridine rings is 1. The van der Waals surface area contributed by atoms with Gasteiger partial charge in [-0.15, -0.1) is 0 Å². The fourth-order valence-corrected chi connectivity index (χ4v) is 3.05. The van der Waals surface area contributed by atoms with E-state index in [-0.39, 0.29) is 11.4 Å². The van der Waals surface area contributed by atoms with Crippen molar-refractivity contribution in [2.45, 2.75) is 25.8 Å². The van der Waals surface area contributed by atoms with E-state index in [1.54, 1.807) is 18.2 Å². The molecule has 1 aliphatic carbocycles. The van der Waals surface area contributed by atoms with Crippen LogP contribution in [0.3, 0.4) is 0 Å². The van der Waals surface area contributed by atoms with Gasteiger partial charge >= 0.3 is 0 Å². The van der Waals surface area contributed by atoms with E-state index in [1.807, 2.05) is 10.6 Å². The Kier molecular flexibility index (Phi) is 3.27. The number of benzene rings is 1. The lowest BCUT2D eigenvalue weighted by Crippen LogP contribution is -2.23. The first kappa shape index (κ1) is 12.6. The van der Waals surface area contributed by atoms with Crippen LogP contribution in [0, 0.1) is 5.82 Å². The summed E-state index contributed by atoms with van der Waals surface area (Å²) < 4.78 is 15.5. The average Bonchev–Trinajstić information content (AvgIpc) is 2.86. The summed E-state index contributed by atoms with van der Waals surface area (Å²) in [4.78, 5) is 12.0. The molecule has 2 aromatic rings. The van der Waals surface area contributed by atoms with Gasteiger partial charge in [-0.25, -0.2) is 4.39 Å². The van der Waals surface area contributed by atoms with Crippen molar-refractivity contribution in [2.24, 2.45) is 0 Å². The Labute approximate surface area is 119 Å². The van der Waals surface area contributed by atoms with E-state index in [4.69, 9.17) is 0 Å². The molecule has 0 bridgehead atoms. The first-order valence-corrected chi connectivity index (χ1v) is 7.10. The number of fused-ring (bicyclic) bond motifs is 1. The quantitative estimate of drug-likeness (QED) is 0.832. The lowest BCUT2D eigenvalue weighted by atomic mass is 10.2. The molecule has 1 aromatic heterocycles. The van der Waals surface area contributed by atoms with Crippen LogP contribution in [0.15, 0.2) is 39.6 Å². The van der Waals surface area contributed by atoms with Gasteiger partial charge in [-0.05, 0) is 58.5 Å². The molecule has 1 aromatic carbocycles. The summed E-state index contributed by atoms with van der Waals surface area (Å²) in [5, 5.41) is 0. The van der Waals surface area contributed by atoms with Crippen LogP contribution in [-0.2, 0) is 19.4 Å². The zero-order valence-corrected chi connectivity index (χ0v) is 11.9. The third-order valence-electron chi connectivity index (χ3n) is 3.57. The summed E-state index contributed by atoms with van der Waals surface area (Å²) in [5.41, 5.74) is 3.34. The van der Waals surface area contributed by atoms with Crippen LogP contribution in [0.2, 0.25) is 0 Å². The van der Waals surface area contributed by atoms with Crippen LogP contribution in [0.4, 0.5) is 4.39 Å². The maximum Gasteiger partial charge on any atom is 0.251 e. The van der Waals surface area contributed by atoms with Gasteiger partial charge in [-0.3, -0.25) is 4.79 Å². The first-order chi connectivity index (χ1) is 9.15. The molecule has 0 radical (unpaired) electrons. The average molecular weight is 322 g/mol. The van der Waals surface area contributed by atoms with Crippen LogP contribution >= 0.6 is 15.9 Å². The van der Waals surface area contributed by atoms with Crippen molar-refractivity contribution >= 4 is 15.9 Å². The zero-order valence-electron chi connectivity index (χ0n) is 10.3. The van der Waals surface area contributed by atoms with Crippen molar-refractivity contribution in [3.05, 3.63) is 67.8 Å². The molecule has 0 saturated heterocycles. The van der Waals surface area contributed by atoms with E-state index in [0.29, 0.717) is 11.0 Å². The molecule has 0 unspecified atom stereocenters. The number of halogens is 2. The standard InChI is InChI=1S/C15H13BrFNO/c16-12-8-10(4-6-13(12)17)9-18-14-3-1-2-11(14)5-7-15(18)19/h4-8H,1-3,9H2. The monoisotopic (exact) mass is 321 g/mol. The van der Waals surface area contributed by atoms with Crippen LogP contribution in [0.5, 0.6) is 0 Å². The Balaban J connectivity index is 2.02. The third kappa shape index (κ3) is 2.37. The third-order valence-corrected chi connectivity index (χ3v) is 4.18. The minimum Gasteiger partial charge on any atom is -0.308 e. The number of hydrogen-bond donors (Lipinski definition) is 0. The minimum absolute atomic E-state index is 0.0149. The van der Waals surface area contributed by atoms with E-state index >= 15 is 0 Å². The summed E-state index contributed by atoms with van der Waals surface area (Å²) >= 11 is 3.18. The Morgan fingerprint density at radius 3 is 2.84 bits per heavy atom. The number of aryl methyl sites for hydroxylation is 1. The number of nitrogens with zero attached hydrogens (tertiary/aromatic N) is 1. The summed E-state index contributed by atoms with van der Waals surface area (Å²) in [7, 11) is 0. The highest BCUT2D eigenvalue weighted by molar-refractivity contribution is 9.10. The summed E-state index contributed by atoms with van der Waals surface area (Å²) in [5.74, 6) is -0.283. The lowest BCUT2D eigenvalue weighted by molar-refractivity contribution is 0.618. The molecule has 4 heteroatoms. The van der Waals surface area contributed by atoms with Gasteiger partial charge < -0.3 is 4.57 Å². The Bertz CT molecular complexity index is 693. The molecule has 19 heavy (non-hydrogen) atoms. The molecule has 98 valence electrons. The van der Waals surface area contributed by atoms with E-state index in [0.717, 1.165) is 30.5 Å². The molecule has 0 amide bonds. The predicted molar refractivity (Wildman–Crippen MR) is 75.9 cm³/mol. The van der Waals surface area contributed by atoms with E-state index < -0.39 is 0 Å². The van der Waals surface area contributed by atoms with Gasteiger partial charge in [-0.1, -0.05) is 12.1 Å². The van der Waals surface area contributed by atoms with Crippen LogP contribution in [0.1, 0.15) is 23.2 Å². The van der Waals surface area contributed by atoms with E-state index in [1.165, 1.54) is 11.6 Å². The second-order valence-electron chi connectivity index (χ2n) is 4.83. The van der Waals surface area contributed by atoms with E-state index in [2.05, 4.69) is 15.9 Å². The lowest BCUT2D eigenvalue weighted by Gasteiger charge is -2.12. The van der Waals surface area contributed by atoms with Gasteiger partial charge in [0, 0.05) is 11.8 Å². The smallest absolute Gasteiger partial charge is 0.251 e. The fraction of sp³-hybridized carbons (Fsp3) is 0.267. The minimum atomic E-state index is -0.283. The van der Waals surface area contributed by atoms with Gasteiger partial charge in [0.15, 0.2) is 0 Å². The summed E-state index contributed by atoms with van der Waals surface area (Å²) in [6.07, 6.45) is 3.10. The second-order valence-corrected chi connectivity index (χ2v) is 5.69. The van der Waals surface area contributed by atoms with Crippen molar-refractivity contribution in [2.75, 3.05) is 0 Å². The normalized spacial score (nSPS) is 13.6. The molecule has 1 aliphatic rings. The van der Waals surface area contributed by atoms with Crippen LogP contribution in [-0.4, -0.2) is 4.57 Å². The Morgan fingerprint density at radius 1 is 1.21 bits per heavy atom. The molecule has 0 saturated carbocycles. The molecule has 0 aliphatic heterocycles. The second kappa shape index (κ2) is 4.93. The number of hydrogen-bond acceptors (Lipinski definition) is 1. The summed E-state index contributed by atoms with van der Waals surface area (Å²) in [6, 6.07) is 8.44. The number of aromatic nitrogens is 1. The topological polar surface area (TPSA) is 22.0 Å². The van der Waals surface area contributed by atoms with Crippen molar-refractivity contribution in [3.63, 3.8) is 0 Å². The molecule has 0 spiro atoms. The molecule has 3 rings (SSSR count). The van der Waals surface area contributed by atoms with E-state index in [9.17, 15) is 9.18 Å². The molecule has 2 nitrogen and oxygen atoms in total. The number of rotatable bonds is 2. The highest BCUT2D eigenvalue weighted by Crippen LogP contribution is 2.22. The molecular weight excluding hydrogens is 309 g/mol. The highest BCUT2D eigenvalue weighted by atomic mass is 79.9. The zero-order chi connectivity index (χ0) is 13.4. The van der Waals surface area contributed by atoms with Gasteiger partial charge in [0.2, 0.25) is 0 Å². The maximum atomic E-state index is 13.2. The van der Waals surface area contributed by atoms with Gasteiger partial charge in [0.05, 0.1) is 11.0 Å². The maximum absolute atomic E-state index is 13.2. The molecule has 0 N–H and O–H groups in total. The molecule has 0 fully saturated rings. The van der Waals surface area contributed by atoms with Crippen molar-refractivity contribution in [1.82, 2.24) is 4.57 Å². The predicted octanol–water partition coefficient (Wildman–Crippen LogP) is 3.29. The SMILES string of the molecule is O=c1ccc2c(n1Cc1ccc(F)c(Br)c1)CCC2. The van der Waals surface area contributed by atoms with Crippen molar-refractivity contribution in [3.8, 4) is 0 Å². The van der Waals surface area contributed by atoms with Crippen molar-refractivity contribution < 1.29 is 4.39 Å². The highest BCUT2D eigenvalue weighted by Gasteiger charge is 2.16. The summed E-state index contributed by atoms with van der Waals surface area (Å²) in [6.45, 7) is 0.501.